The fraction of sp³-hybridized carbons (Fsp3) is 0.550. The van der Waals surface area contributed by atoms with Gasteiger partial charge in [0.05, 0.1) is 6.61 Å². The van der Waals surface area contributed by atoms with E-state index in [-0.39, 0.29) is 24.4 Å². The summed E-state index contributed by atoms with van der Waals surface area (Å²) in [6.45, 7) is 4.80. The van der Waals surface area contributed by atoms with Gasteiger partial charge in [-0.1, -0.05) is 13.0 Å². The second-order valence-corrected chi connectivity index (χ2v) is 6.79. The van der Waals surface area contributed by atoms with Crippen LogP contribution in [0.3, 0.4) is 0 Å². The van der Waals surface area contributed by atoms with Crippen LogP contribution >= 0.6 is 0 Å². The van der Waals surface area contributed by atoms with Crippen molar-refractivity contribution in [2.24, 2.45) is 0 Å². The van der Waals surface area contributed by atoms with Crippen molar-refractivity contribution in [2.75, 3.05) is 26.2 Å². The minimum Gasteiger partial charge on any atom is -0.494 e. The number of carboxylic acid groups (broad SMARTS) is 1. The molecule has 2 amide bonds. The van der Waals surface area contributed by atoms with Crippen LogP contribution in [0.5, 0.6) is 5.75 Å². The summed E-state index contributed by atoms with van der Waals surface area (Å²) in [5, 5.41) is 9.04. The molecule has 7 heteroatoms. The standard InChI is InChI=1S/C20H28N2O5/c1-3-12-27-18-8-4-6-16(13-18)20(26)21-10-5-7-17(9-11-21)22(15(2)23)14-19(24)25/h4,6,8,13,17H,3,5,7,9-12,14H2,1-2H3,(H,24,25). The van der Waals surface area contributed by atoms with Crippen LogP contribution in [-0.2, 0) is 9.59 Å². The molecule has 1 unspecified atom stereocenters. The van der Waals surface area contributed by atoms with Crippen LogP contribution in [0.4, 0.5) is 0 Å². The molecule has 0 saturated carbocycles. The number of carboxylic acids is 1. The summed E-state index contributed by atoms with van der Waals surface area (Å²) >= 11 is 0. The topological polar surface area (TPSA) is 87.2 Å². The zero-order valence-electron chi connectivity index (χ0n) is 16.0. The molecule has 0 spiro atoms. The quantitative estimate of drug-likeness (QED) is 0.790. The molecule has 1 N–H and O–H groups in total. The first-order chi connectivity index (χ1) is 12.9. The van der Waals surface area contributed by atoms with Crippen LogP contribution in [0.25, 0.3) is 0 Å². The minimum atomic E-state index is -1.02. The highest BCUT2D eigenvalue weighted by atomic mass is 16.5. The maximum Gasteiger partial charge on any atom is 0.323 e. The Morgan fingerprint density at radius 3 is 2.70 bits per heavy atom. The number of carbonyl (C=O) groups excluding carboxylic acids is 2. The summed E-state index contributed by atoms with van der Waals surface area (Å²) in [5.74, 6) is -0.654. The molecule has 1 aliphatic heterocycles. The third-order valence-corrected chi connectivity index (χ3v) is 4.69. The maximum absolute atomic E-state index is 12.9. The Hall–Kier alpha value is -2.57. The Balaban J connectivity index is 2.03. The Kier molecular flexibility index (Phi) is 7.64. The molecular formula is C20H28N2O5. The van der Waals surface area contributed by atoms with Gasteiger partial charge in [0.1, 0.15) is 12.3 Å². The fourth-order valence-corrected chi connectivity index (χ4v) is 3.36. The van der Waals surface area contributed by atoms with E-state index >= 15 is 0 Å². The van der Waals surface area contributed by atoms with E-state index in [4.69, 9.17) is 9.84 Å². The molecule has 0 radical (unpaired) electrons. The highest BCUT2D eigenvalue weighted by Gasteiger charge is 2.28. The van der Waals surface area contributed by atoms with Crippen molar-refractivity contribution in [1.29, 1.82) is 0 Å². The highest BCUT2D eigenvalue weighted by molar-refractivity contribution is 5.94. The molecule has 0 aromatic heterocycles. The zero-order valence-corrected chi connectivity index (χ0v) is 16.0. The first-order valence-corrected chi connectivity index (χ1v) is 9.43. The van der Waals surface area contributed by atoms with Crippen LogP contribution in [0.2, 0.25) is 0 Å². The van der Waals surface area contributed by atoms with Crippen molar-refractivity contribution in [3.8, 4) is 5.75 Å². The lowest BCUT2D eigenvalue weighted by Crippen LogP contribution is -2.43. The lowest BCUT2D eigenvalue weighted by molar-refractivity contribution is -0.145. The SMILES string of the molecule is CCCOc1cccc(C(=O)N2CCCC(N(CC(=O)O)C(C)=O)CC2)c1. The van der Waals surface area contributed by atoms with E-state index < -0.39 is 5.97 Å². The van der Waals surface area contributed by atoms with E-state index in [2.05, 4.69) is 0 Å². The van der Waals surface area contributed by atoms with Crippen LogP contribution in [0.1, 0.15) is 49.9 Å². The van der Waals surface area contributed by atoms with Crippen LogP contribution < -0.4 is 4.74 Å². The van der Waals surface area contributed by atoms with Gasteiger partial charge in [-0.25, -0.2) is 0 Å². The zero-order chi connectivity index (χ0) is 19.8. The van der Waals surface area contributed by atoms with Crippen LogP contribution in [0.15, 0.2) is 24.3 Å². The molecular weight excluding hydrogens is 348 g/mol. The van der Waals surface area contributed by atoms with Crippen molar-refractivity contribution in [2.45, 2.75) is 45.6 Å². The monoisotopic (exact) mass is 376 g/mol. The van der Waals surface area contributed by atoms with E-state index in [0.717, 1.165) is 12.8 Å². The van der Waals surface area contributed by atoms with E-state index in [1.165, 1.54) is 11.8 Å². The Morgan fingerprint density at radius 1 is 1.26 bits per heavy atom. The highest BCUT2D eigenvalue weighted by Crippen LogP contribution is 2.20. The number of amides is 2. The van der Waals surface area contributed by atoms with Gasteiger partial charge in [0, 0.05) is 31.6 Å². The molecule has 1 aliphatic rings. The normalized spacial score (nSPS) is 17.1. The number of benzene rings is 1. The Labute approximate surface area is 159 Å². The molecule has 148 valence electrons. The lowest BCUT2D eigenvalue weighted by Gasteiger charge is -2.28. The number of nitrogens with zero attached hydrogens (tertiary/aromatic N) is 2. The summed E-state index contributed by atoms with van der Waals surface area (Å²) in [6, 6.07) is 7.02. The molecule has 0 bridgehead atoms. The van der Waals surface area contributed by atoms with Gasteiger partial charge >= 0.3 is 5.97 Å². The molecule has 7 nitrogen and oxygen atoms in total. The molecule has 1 aromatic carbocycles. The number of likely N-dealkylation sites (tertiary alicyclic amines) is 1. The maximum atomic E-state index is 12.9. The lowest BCUT2D eigenvalue weighted by atomic mass is 10.1. The number of rotatable bonds is 7. The fourth-order valence-electron chi connectivity index (χ4n) is 3.36. The van der Waals surface area contributed by atoms with Crippen molar-refractivity contribution >= 4 is 17.8 Å². The second-order valence-electron chi connectivity index (χ2n) is 6.79. The second kappa shape index (κ2) is 9.94. The van der Waals surface area contributed by atoms with Crippen molar-refractivity contribution in [3.05, 3.63) is 29.8 Å². The van der Waals surface area contributed by atoms with E-state index in [9.17, 15) is 14.4 Å². The Morgan fingerprint density at radius 2 is 2.04 bits per heavy atom. The van der Waals surface area contributed by atoms with Crippen LogP contribution in [-0.4, -0.2) is 65.0 Å². The average molecular weight is 376 g/mol. The van der Waals surface area contributed by atoms with E-state index in [1.807, 2.05) is 19.1 Å². The van der Waals surface area contributed by atoms with E-state index in [1.54, 1.807) is 17.0 Å². The predicted octanol–water partition coefficient (Wildman–Crippen LogP) is 2.40. The molecule has 1 aromatic rings. The largest absolute Gasteiger partial charge is 0.494 e. The van der Waals surface area contributed by atoms with Gasteiger partial charge in [-0.3, -0.25) is 14.4 Å². The van der Waals surface area contributed by atoms with Crippen molar-refractivity contribution in [1.82, 2.24) is 9.80 Å². The van der Waals surface area contributed by atoms with Gasteiger partial charge in [0.15, 0.2) is 0 Å². The average Bonchev–Trinajstić information content (AvgIpc) is 2.89. The van der Waals surface area contributed by atoms with Gasteiger partial charge in [-0.05, 0) is 43.9 Å². The third-order valence-electron chi connectivity index (χ3n) is 4.69. The number of hydrogen-bond donors (Lipinski definition) is 1. The molecule has 1 atom stereocenters. The number of hydrogen-bond acceptors (Lipinski definition) is 4. The van der Waals surface area contributed by atoms with Crippen molar-refractivity contribution < 1.29 is 24.2 Å². The Bertz CT molecular complexity index is 676. The number of carbonyl (C=O) groups is 3. The van der Waals surface area contributed by atoms with Gasteiger partial charge < -0.3 is 19.6 Å². The summed E-state index contributed by atoms with van der Waals surface area (Å²) in [4.78, 5) is 38.9. The number of aliphatic carboxylic acids is 1. The smallest absolute Gasteiger partial charge is 0.323 e. The summed E-state index contributed by atoms with van der Waals surface area (Å²) in [6.07, 6.45) is 2.89. The number of ether oxygens (including phenoxy) is 1. The van der Waals surface area contributed by atoms with Crippen molar-refractivity contribution in [3.63, 3.8) is 0 Å². The van der Waals surface area contributed by atoms with Gasteiger partial charge in [0.2, 0.25) is 5.91 Å². The van der Waals surface area contributed by atoms with Gasteiger partial charge in [-0.15, -0.1) is 0 Å². The van der Waals surface area contributed by atoms with Gasteiger partial charge in [-0.2, -0.15) is 0 Å². The minimum absolute atomic E-state index is 0.0646. The molecule has 1 heterocycles. The molecule has 1 saturated heterocycles. The molecule has 2 rings (SSSR count). The molecule has 1 fully saturated rings. The summed E-state index contributed by atoms with van der Waals surface area (Å²) in [5.41, 5.74) is 0.580. The van der Waals surface area contributed by atoms with Gasteiger partial charge in [0.25, 0.3) is 5.91 Å². The van der Waals surface area contributed by atoms with E-state index in [0.29, 0.717) is 43.9 Å². The molecule has 27 heavy (non-hydrogen) atoms. The molecule has 0 aliphatic carbocycles. The first kappa shape index (κ1) is 20.7. The predicted molar refractivity (Wildman–Crippen MR) is 101 cm³/mol. The first-order valence-electron chi connectivity index (χ1n) is 9.43. The summed E-state index contributed by atoms with van der Waals surface area (Å²) in [7, 11) is 0. The third kappa shape index (κ3) is 5.98. The summed E-state index contributed by atoms with van der Waals surface area (Å²) < 4.78 is 5.60. The van der Waals surface area contributed by atoms with Crippen LogP contribution in [0, 0.1) is 0 Å².